The van der Waals surface area contributed by atoms with E-state index in [9.17, 15) is 63.9 Å². The number of aliphatic hydroxyl groups is 3. The number of likely N-dealkylation sites (N-methyl/N-ethyl adjacent to an activating group) is 2. The van der Waals surface area contributed by atoms with Gasteiger partial charge in [0.15, 0.2) is 12.1 Å². The van der Waals surface area contributed by atoms with Crippen molar-refractivity contribution in [2.75, 3.05) is 45.7 Å². The molecule has 3 aliphatic rings. The number of nitrogens with one attached hydrogen (secondary N) is 4. The van der Waals surface area contributed by atoms with Crippen LogP contribution in [0.1, 0.15) is 126 Å². The number of thiazole rings is 1. The first kappa shape index (κ1) is 70.8. The first-order chi connectivity index (χ1) is 42.2. The van der Waals surface area contributed by atoms with Crippen LogP contribution in [0.4, 0.5) is 5.69 Å². The molecule has 26 nitrogen and oxygen atoms in total. The van der Waals surface area contributed by atoms with E-state index in [1.54, 1.807) is 36.4 Å². The first-order valence-corrected chi connectivity index (χ1v) is 31.2. The molecule has 89 heavy (non-hydrogen) atoms. The summed E-state index contributed by atoms with van der Waals surface area (Å²) in [5.74, 6) is -7.94. The number of aliphatic carboxylic acids is 2. The number of likely N-dealkylation sites (tertiary alicyclic amines) is 1. The zero-order valence-electron chi connectivity index (χ0n) is 51.7. The van der Waals surface area contributed by atoms with Gasteiger partial charge in [0.1, 0.15) is 59.5 Å². The monoisotopic (exact) mass is 1260 g/mol. The molecule has 27 heteroatoms. The molecule has 11 N–H and O–H groups in total. The molecule has 4 heterocycles. The van der Waals surface area contributed by atoms with Gasteiger partial charge in [0.05, 0.1) is 25.2 Å². The minimum atomic E-state index is -2.02. The summed E-state index contributed by atoms with van der Waals surface area (Å²) in [6, 6.07) is 10.2. The highest BCUT2D eigenvalue weighted by atomic mass is 32.1. The van der Waals surface area contributed by atoms with Gasteiger partial charge in [-0.1, -0.05) is 78.3 Å². The Hall–Kier alpha value is -7.24. The van der Waals surface area contributed by atoms with Gasteiger partial charge in [-0.2, -0.15) is 0 Å². The van der Waals surface area contributed by atoms with Gasteiger partial charge in [-0.3, -0.25) is 43.3 Å². The van der Waals surface area contributed by atoms with Crippen molar-refractivity contribution in [2.24, 2.45) is 23.5 Å². The maximum absolute atomic E-state index is 15.0. The third-order valence-electron chi connectivity index (χ3n) is 16.8. The van der Waals surface area contributed by atoms with Crippen molar-refractivity contribution >= 4 is 70.3 Å². The number of benzene rings is 2. The molecule has 0 saturated carbocycles. The number of hydrogen-bond donors (Lipinski definition) is 10. The number of carbonyl (C=O) groups is 9. The van der Waals surface area contributed by atoms with Crippen LogP contribution in [0.2, 0.25) is 0 Å². The summed E-state index contributed by atoms with van der Waals surface area (Å²) in [6.45, 7) is 11.8. The third-order valence-corrected chi connectivity index (χ3v) is 17.8. The molecule has 14 atom stereocenters. The molecule has 2 saturated heterocycles. The number of rotatable bonds is 32. The van der Waals surface area contributed by atoms with Crippen LogP contribution in [0.15, 0.2) is 66.1 Å². The van der Waals surface area contributed by atoms with Crippen LogP contribution in [0.25, 0.3) is 0 Å². The van der Waals surface area contributed by atoms with Gasteiger partial charge in [0.25, 0.3) is 23.6 Å². The molecule has 6 rings (SSSR count). The second kappa shape index (κ2) is 32.5. The number of nitrogens with zero attached hydrogens (tertiary/aromatic N) is 4. The summed E-state index contributed by atoms with van der Waals surface area (Å²) < 4.78 is 17.9. The van der Waals surface area contributed by atoms with Crippen LogP contribution in [0.5, 0.6) is 5.75 Å². The van der Waals surface area contributed by atoms with E-state index in [1.807, 2.05) is 72.0 Å². The smallest absolute Gasteiger partial charge is 0.335 e. The Labute approximate surface area is 522 Å². The number of hydrogen-bond acceptors (Lipinski definition) is 18. The van der Waals surface area contributed by atoms with Crippen molar-refractivity contribution in [1.29, 1.82) is 0 Å². The number of aromatic nitrogens is 1. The van der Waals surface area contributed by atoms with E-state index in [0.29, 0.717) is 67.1 Å². The predicted molar refractivity (Wildman–Crippen MR) is 325 cm³/mol. The Morgan fingerprint density at radius 1 is 0.910 bits per heavy atom. The van der Waals surface area contributed by atoms with Crippen molar-refractivity contribution in [1.82, 2.24) is 30.7 Å². The fraction of sp³-hybridized carbons (Fsp3) is 0.581. The number of ether oxygens (including phenoxy) is 3. The number of aliphatic hydroxyl groups excluding tert-OH is 3. The van der Waals surface area contributed by atoms with Gasteiger partial charge in [-0.05, 0) is 67.7 Å². The lowest BCUT2D eigenvalue weighted by atomic mass is 9.92. The molecule has 2 fully saturated rings. The van der Waals surface area contributed by atoms with Crippen molar-refractivity contribution in [2.45, 2.75) is 173 Å². The van der Waals surface area contributed by atoms with Gasteiger partial charge < -0.3 is 76.1 Å². The summed E-state index contributed by atoms with van der Waals surface area (Å²) in [7, 11) is 3.63. The lowest BCUT2D eigenvalue weighted by molar-refractivity contribution is -0.942. The van der Waals surface area contributed by atoms with Gasteiger partial charge >= 0.3 is 11.9 Å². The number of carboxylic acids is 2. The summed E-state index contributed by atoms with van der Waals surface area (Å²) >= 11 is 1.26. The second-order valence-corrected chi connectivity index (χ2v) is 24.8. The van der Waals surface area contributed by atoms with Crippen LogP contribution in [0.3, 0.4) is 0 Å². The Balaban J connectivity index is 1.20. The molecular weight excluding hydrogens is 1170 g/mol. The summed E-state index contributed by atoms with van der Waals surface area (Å²) in [5.41, 5.74) is 7.40. The highest BCUT2D eigenvalue weighted by molar-refractivity contribution is 7.09. The van der Waals surface area contributed by atoms with Gasteiger partial charge in [-0.25, -0.2) is 9.78 Å². The van der Waals surface area contributed by atoms with E-state index >= 15 is 4.79 Å². The fourth-order valence-electron chi connectivity index (χ4n) is 11.5. The predicted octanol–water partition coefficient (Wildman–Crippen LogP) is 2.63. The number of nitrogens with two attached hydrogens (primary N) is 1. The summed E-state index contributed by atoms with van der Waals surface area (Å²) in [5, 5.41) is 64.8. The van der Waals surface area contributed by atoms with E-state index in [4.69, 9.17) is 24.9 Å². The maximum Gasteiger partial charge on any atom is 0.335 e. The summed E-state index contributed by atoms with van der Waals surface area (Å²) in [4.78, 5) is 126. The molecule has 0 aliphatic carbocycles. The van der Waals surface area contributed by atoms with Crippen LogP contribution in [-0.2, 0) is 60.8 Å². The first-order valence-electron chi connectivity index (χ1n) is 30.3. The zero-order valence-corrected chi connectivity index (χ0v) is 52.6. The topological polar surface area (TPSA) is 376 Å². The average Bonchev–Trinajstić information content (AvgIpc) is 1.95. The average molecular weight is 1260 g/mol. The molecule has 0 spiro atoms. The van der Waals surface area contributed by atoms with E-state index in [0.717, 1.165) is 24.1 Å². The number of quaternary nitrogens is 1. The largest absolute Gasteiger partial charge is 0.481 e. The number of piperidine rings is 1. The van der Waals surface area contributed by atoms with Gasteiger partial charge in [0, 0.05) is 81.2 Å². The highest BCUT2D eigenvalue weighted by Crippen LogP contribution is 2.35. The third kappa shape index (κ3) is 18.5. The van der Waals surface area contributed by atoms with Crippen molar-refractivity contribution in [3.8, 4) is 5.75 Å². The molecule has 7 amide bonds. The molecule has 488 valence electrons. The molecule has 3 aliphatic heterocycles. The van der Waals surface area contributed by atoms with E-state index in [-0.39, 0.29) is 71.2 Å². The quantitative estimate of drug-likeness (QED) is 0.0317. The molecule has 0 radical (unpaired) electrons. The van der Waals surface area contributed by atoms with E-state index in [2.05, 4.69) is 21.3 Å². The van der Waals surface area contributed by atoms with Gasteiger partial charge in [-0.15, -0.1) is 11.3 Å². The zero-order chi connectivity index (χ0) is 65.4. The SMILES string of the molecule is CCCO[C@H](C[C@H](C(C)C)N(C)C(=O)[C@@H](NC(=O)[C@H]1CCCC[N+]1(C)Cc1ccc(O[C@@H]2O[C@H](C(=O)O)[C@@H](O)[C@H](O)[C@H]2O)c(NC(=O)CCNC(=O)[C@H](CN)N2C(=O)C=CC2=O)c1)[C@@H](C)CC)c1nc(C(=O)N[C@@H](Cc2ccccc2)C[C@H](C)C(=O)O)cs1. The molecule has 2 aromatic carbocycles. The minimum Gasteiger partial charge on any atom is -0.481 e. The summed E-state index contributed by atoms with van der Waals surface area (Å²) in [6.07, 6.45) is -4.74. The standard InChI is InChI=1S/C62H87N9O17S/c1-9-26-86-46(58-67-41(33-89-58)55(78)65-39(27-36(6)60(82)83)28-37-16-12-11-13-17-37)30-42(34(3)4)69(7)59(81)50(35(5)10-2)68-57(80)44-18-14-15-25-71(44,8)32-38-19-20-45(87-62-53(77)51(75)52(76)54(88-62)61(84)85)40(29-38)66-47(72)23-24-64-56(79)43(31-63)70-48(73)21-22-49(70)74/h11-13,16-17,19-22,29,33-36,39,42-44,46,50-54,62,75-77H,9-10,14-15,18,23-28,30-32,63H2,1-8H3,(H5-,64,65,66,68,72,78,79,80,82,83,84,85)/p+1/t35-,36-,39+,42+,43-,44+,46+,50-,51-,52-,53+,54-,62+,71?/m0/s1. The Morgan fingerprint density at radius 3 is 2.24 bits per heavy atom. The second-order valence-electron chi connectivity index (χ2n) is 23.9. The molecule has 1 unspecified atom stereocenters. The number of carbonyl (C=O) groups excluding carboxylic acids is 7. The fourth-order valence-corrected chi connectivity index (χ4v) is 12.3. The molecule has 3 aromatic rings. The van der Waals surface area contributed by atoms with Crippen LogP contribution in [-0.4, -0.2) is 199 Å². The van der Waals surface area contributed by atoms with Crippen LogP contribution >= 0.6 is 11.3 Å². The van der Waals surface area contributed by atoms with Crippen LogP contribution < -0.4 is 31.7 Å². The molecular formula is C62H88N9O17S+. The van der Waals surface area contributed by atoms with Crippen molar-refractivity contribution < 1.29 is 87.4 Å². The van der Waals surface area contributed by atoms with E-state index in [1.165, 1.54) is 17.4 Å². The molecule has 0 bridgehead atoms. The Bertz CT molecular complexity index is 2980. The van der Waals surface area contributed by atoms with E-state index < -0.39 is 121 Å². The lowest BCUT2D eigenvalue weighted by Gasteiger charge is -2.44. The Kier molecular flexibility index (Phi) is 25.9. The molecule has 1 aromatic heterocycles. The van der Waals surface area contributed by atoms with Gasteiger partial charge in [0.2, 0.25) is 24.0 Å². The van der Waals surface area contributed by atoms with Crippen LogP contribution in [0, 0.1) is 17.8 Å². The lowest BCUT2D eigenvalue weighted by Crippen LogP contribution is -2.63. The van der Waals surface area contributed by atoms with Crippen molar-refractivity contribution in [3.05, 3.63) is 87.9 Å². The number of carboxylic acid groups (broad SMARTS) is 2. The number of amides is 7. The maximum atomic E-state index is 15.0. The van der Waals surface area contributed by atoms with Crippen molar-refractivity contribution in [3.63, 3.8) is 0 Å². The normalized spacial score (nSPS) is 23.3. The highest BCUT2D eigenvalue weighted by Gasteiger charge is 2.49. The number of imide groups is 1. The number of anilines is 1. The Morgan fingerprint density at radius 2 is 1.61 bits per heavy atom. The minimum absolute atomic E-state index is 0.0217.